The molecule has 0 aliphatic carbocycles. The van der Waals surface area contributed by atoms with Gasteiger partial charge in [-0.2, -0.15) is 0 Å². The van der Waals surface area contributed by atoms with Crippen molar-refractivity contribution in [2.45, 2.75) is 12.0 Å². The molecule has 21 heavy (non-hydrogen) atoms. The molecule has 0 saturated carbocycles. The van der Waals surface area contributed by atoms with E-state index in [-0.39, 0.29) is 31.1 Å². The van der Waals surface area contributed by atoms with Crippen LogP contribution in [0.15, 0.2) is 18.2 Å². The Balaban J connectivity index is 2.04. The number of urea groups is 1. The second kappa shape index (κ2) is 5.96. The summed E-state index contributed by atoms with van der Waals surface area (Å²) in [4.78, 5) is 23.1. The van der Waals surface area contributed by atoms with E-state index < -0.39 is 23.4 Å². The molecule has 1 aromatic rings. The lowest BCUT2D eigenvalue weighted by molar-refractivity contribution is -0.144. The summed E-state index contributed by atoms with van der Waals surface area (Å²) >= 11 is 0. The molecule has 0 aromatic heterocycles. The Morgan fingerprint density at radius 2 is 2.24 bits per heavy atom. The Hall–Kier alpha value is -2.35. The summed E-state index contributed by atoms with van der Waals surface area (Å²) in [6.45, 7) is 0.149. The SMILES string of the molecule is COc1ccc(NC(=O)NC2(C(=O)O)CCOC2)cc1F. The number of hydrogen-bond donors (Lipinski definition) is 3. The van der Waals surface area contributed by atoms with E-state index in [4.69, 9.17) is 9.47 Å². The molecule has 114 valence electrons. The van der Waals surface area contributed by atoms with Gasteiger partial charge in [0.25, 0.3) is 0 Å². The molecule has 1 fully saturated rings. The van der Waals surface area contributed by atoms with Crippen LogP contribution in [0.3, 0.4) is 0 Å². The number of carboxylic acid groups (broad SMARTS) is 1. The van der Waals surface area contributed by atoms with Crippen molar-refractivity contribution in [3.05, 3.63) is 24.0 Å². The Bertz CT molecular complexity index is 557. The van der Waals surface area contributed by atoms with Gasteiger partial charge in [0.2, 0.25) is 0 Å². The topological polar surface area (TPSA) is 96.9 Å². The molecule has 2 amide bonds. The number of carbonyl (C=O) groups excluding carboxylic acids is 1. The first kappa shape index (κ1) is 15.0. The van der Waals surface area contributed by atoms with Crippen LogP contribution in [0, 0.1) is 5.82 Å². The molecule has 1 atom stereocenters. The zero-order valence-corrected chi connectivity index (χ0v) is 11.3. The number of methoxy groups -OCH3 is 1. The molecular formula is C13H15FN2O5. The quantitative estimate of drug-likeness (QED) is 0.776. The van der Waals surface area contributed by atoms with Gasteiger partial charge in [-0.15, -0.1) is 0 Å². The molecule has 1 unspecified atom stereocenters. The number of rotatable bonds is 4. The van der Waals surface area contributed by atoms with Crippen LogP contribution in [0.4, 0.5) is 14.9 Å². The van der Waals surface area contributed by atoms with Gasteiger partial charge < -0.3 is 25.2 Å². The summed E-state index contributed by atoms with van der Waals surface area (Å²) in [5.74, 6) is -1.75. The highest BCUT2D eigenvalue weighted by molar-refractivity contribution is 5.94. The molecular weight excluding hydrogens is 283 g/mol. The van der Waals surface area contributed by atoms with Gasteiger partial charge in [0.05, 0.1) is 13.7 Å². The van der Waals surface area contributed by atoms with E-state index in [9.17, 15) is 19.1 Å². The lowest BCUT2D eigenvalue weighted by Crippen LogP contribution is -2.56. The molecule has 7 nitrogen and oxygen atoms in total. The number of anilines is 1. The van der Waals surface area contributed by atoms with Gasteiger partial charge in [-0.3, -0.25) is 0 Å². The smallest absolute Gasteiger partial charge is 0.332 e. The van der Waals surface area contributed by atoms with E-state index in [0.29, 0.717) is 0 Å². The fourth-order valence-corrected chi connectivity index (χ4v) is 2.01. The van der Waals surface area contributed by atoms with Crippen molar-refractivity contribution in [1.29, 1.82) is 0 Å². The third-order valence-corrected chi connectivity index (χ3v) is 3.19. The maximum Gasteiger partial charge on any atom is 0.332 e. The minimum atomic E-state index is -1.45. The van der Waals surface area contributed by atoms with Crippen molar-refractivity contribution in [1.82, 2.24) is 5.32 Å². The van der Waals surface area contributed by atoms with E-state index in [1.54, 1.807) is 0 Å². The second-order valence-electron chi connectivity index (χ2n) is 4.62. The average Bonchev–Trinajstić information content (AvgIpc) is 2.88. The Morgan fingerprint density at radius 3 is 2.76 bits per heavy atom. The van der Waals surface area contributed by atoms with E-state index in [0.717, 1.165) is 6.07 Å². The number of benzene rings is 1. The summed E-state index contributed by atoms with van der Waals surface area (Å²) in [6, 6.07) is 3.14. The summed E-state index contributed by atoms with van der Waals surface area (Å²) in [6.07, 6.45) is 0.173. The van der Waals surface area contributed by atoms with Crippen LogP contribution in [0.1, 0.15) is 6.42 Å². The van der Waals surface area contributed by atoms with E-state index >= 15 is 0 Å². The molecule has 3 N–H and O–H groups in total. The fraction of sp³-hybridized carbons (Fsp3) is 0.385. The highest BCUT2D eigenvalue weighted by Crippen LogP contribution is 2.22. The number of aliphatic carboxylic acids is 1. The first-order chi connectivity index (χ1) is 9.97. The number of amides is 2. The van der Waals surface area contributed by atoms with E-state index in [1.165, 1.54) is 19.2 Å². The number of ether oxygens (including phenoxy) is 2. The number of hydrogen-bond acceptors (Lipinski definition) is 4. The third-order valence-electron chi connectivity index (χ3n) is 3.19. The van der Waals surface area contributed by atoms with Crippen LogP contribution in [0.2, 0.25) is 0 Å². The minimum absolute atomic E-state index is 0.0483. The normalized spacial score (nSPS) is 20.9. The van der Waals surface area contributed by atoms with E-state index in [1.807, 2.05) is 0 Å². The zero-order chi connectivity index (χ0) is 15.5. The summed E-state index contributed by atoms with van der Waals surface area (Å²) in [7, 11) is 1.33. The van der Waals surface area contributed by atoms with Crippen molar-refractivity contribution < 1.29 is 28.6 Å². The van der Waals surface area contributed by atoms with Gasteiger partial charge >= 0.3 is 12.0 Å². The van der Waals surface area contributed by atoms with Gasteiger partial charge in [-0.05, 0) is 12.1 Å². The molecule has 1 aliphatic rings. The van der Waals surface area contributed by atoms with Crippen LogP contribution < -0.4 is 15.4 Å². The predicted molar refractivity (Wildman–Crippen MR) is 70.9 cm³/mol. The molecule has 0 spiro atoms. The maximum absolute atomic E-state index is 13.5. The van der Waals surface area contributed by atoms with Gasteiger partial charge in [0.15, 0.2) is 17.1 Å². The molecule has 1 aromatic carbocycles. The standard InChI is InChI=1S/C13H15FN2O5/c1-20-10-3-2-8(6-9(10)14)15-12(19)16-13(11(17)18)4-5-21-7-13/h2-3,6H,4-5,7H2,1H3,(H,17,18)(H2,15,16,19). The summed E-state index contributed by atoms with van der Waals surface area (Å²) < 4.78 is 23.3. The fourth-order valence-electron chi connectivity index (χ4n) is 2.01. The monoisotopic (exact) mass is 298 g/mol. The number of nitrogens with one attached hydrogen (secondary N) is 2. The Kier molecular flexibility index (Phi) is 4.27. The lowest BCUT2D eigenvalue weighted by Gasteiger charge is -2.23. The summed E-state index contributed by atoms with van der Waals surface area (Å²) in [5, 5.41) is 13.9. The van der Waals surface area contributed by atoms with Crippen LogP contribution in [-0.4, -0.2) is 43.0 Å². The zero-order valence-electron chi connectivity index (χ0n) is 11.3. The Labute approximate surface area is 120 Å². The van der Waals surface area contributed by atoms with Gasteiger partial charge in [0, 0.05) is 24.8 Å². The van der Waals surface area contributed by atoms with Crippen LogP contribution in [-0.2, 0) is 9.53 Å². The highest BCUT2D eigenvalue weighted by Gasteiger charge is 2.44. The van der Waals surface area contributed by atoms with Crippen LogP contribution >= 0.6 is 0 Å². The predicted octanol–water partition coefficient (Wildman–Crippen LogP) is 1.20. The second-order valence-corrected chi connectivity index (χ2v) is 4.62. The van der Waals surface area contributed by atoms with Gasteiger partial charge in [0.1, 0.15) is 0 Å². The number of halogens is 1. The van der Waals surface area contributed by atoms with Gasteiger partial charge in [-0.25, -0.2) is 14.0 Å². The first-order valence-electron chi connectivity index (χ1n) is 6.21. The molecule has 1 saturated heterocycles. The van der Waals surface area contributed by atoms with Crippen molar-refractivity contribution in [2.75, 3.05) is 25.6 Å². The van der Waals surface area contributed by atoms with E-state index in [2.05, 4.69) is 10.6 Å². The third kappa shape index (κ3) is 3.22. The molecule has 0 radical (unpaired) electrons. The number of carbonyl (C=O) groups is 2. The molecule has 2 rings (SSSR count). The van der Waals surface area contributed by atoms with Crippen molar-refractivity contribution in [3.8, 4) is 5.75 Å². The van der Waals surface area contributed by atoms with Crippen molar-refractivity contribution in [2.24, 2.45) is 0 Å². The summed E-state index contributed by atoms with van der Waals surface area (Å²) in [5.41, 5.74) is -1.26. The van der Waals surface area contributed by atoms with Gasteiger partial charge in [-0.1, -0.05) is 0 Å². The van der Waals surface area contributed by atoms with Crippen LogP contribution in [0.25, 0.3) is 0 Å². The van der Waals surface area contributed by atoms with Crippen LogP contribution in [0.5, 0.6) is 5.75 Å². The van der Waals surface area contributed by atoms with Crippen molar-refractivity contribution in [3.63, 3.8) is 0 Å². The minimum Gasteiger partial charge on any atom is -0.494 e. The molecule has 1 heterocycles. The largest absolute Gasteiger partial charge is 0.494 e. The molecule has 0 bridgehead atoms. The Morgan fingerprint density at radius 1 is 1.48 bits per heavy atom. The average molecular weight is 298 g/mol. The molecule has 8 heteroatoms. The number of carboxylic acids is 1. The molecule has 1 aliphatic heterocycles. The maximum atomic E-state index is 13.5. The lowest BCUT2D eigenvalue weighted by atomic mass is 9.99. The van der Waals surface area contributed by atoms with Crippen molar-refractivity contribution >= 4 is 17.7 Å². The highest BCUT2D eigenvalue weighted by atomic mass is 19.1. The first-order valence-corrected chi connectivity index (χ1v) is 6.21.